The molecule has 5 aliphatic carbocycles. The summed E-state index contributed by atoms with van der Waals surface area (Å²) in [7, 11) is 1.01. The number of carboxylic acids is 1. The van der Waals surface area contributed by atoms with Gasteiger partial charge >= 0.3 is 17.9 Å². The van der Waals surface area contributed by atoms with Gasteiger partial charge < -0.3 is 64.2 Å². The van der Waals surface area contributed by atoms with Gasteiger partial charge in [-0.25, -0.2) is 9.59 Å². The first kappa shape index (κ1) is 44.0. The third kappa shape index (κ3) is 5.93. The number of carboxylic acid groups (broad SMARTS) is 1. The molecule has 0 aromatic rings. The maximum Gasteiger partial charge on any atom is 0.337 e. The molecule has 0 aromatic carbocycles. The van der Waals surface area contributed by atoms with E-state index in [2.05, 4.69) is 32.4 Å². The summed E-state index contributed by atoms with van der Waals surface area (Å²) < 4.78 is 34.3. The fourth-order valence-electron chi connectivity index (χ4n) is 14.0. The van der Waals surface area contributed by atoms with Crippen LogP contribution in [0.5, 0.6) is 0 Å². The molecule has 0 aromatic heterocycles. The summed E-state index contributed by atoms with van der Waals surface area (Å²) in [5.74, 6) is -3.55. The van der Waals surface area contributed by atoms with Crippen molar-refractivity contribution in [3.63, 3.8) is 0 Å². The van der Waals surface area contributed by atoms with E-state index in [4.69, 9.17) is 23.7 Å². The van der Waals surface area contributed by atoms with E-state index in [1.54, 1.807) is 0 Å². The average Bonchev–Trinajstić information content (AvgIpc) is 3.46. The number of fused-ring (bicyclic) bond motifs is 10. The molecule has 8 rings (SSSR count). The van der Waals surface area contributed by atoms with Crippen LogP contribution in [-0.4, -0.2) is 147 Å². The number of aliphatic carboxylic acids is 1. The molecule has 17 heteroatoms. The minimum absolute atomic E-state index is 0.0134. The van der Waals surface area contributed by atoms with Gasteiger partial charge in [-0.2, -0.15) is 0 Å². The largest absolute Gasteiger partial charge is 0.479 e. The number of hydrogen-bond acceptors (Lipinski definition) is 16. The smallest absolute Gasteiger partial charge is 0.337 e. The first-order valence-corrected chi connectivity index (χ1v) is 21.4. The van der Waals surface area contributed by atoms with Crippen molar-refractivity contribution in [3.8, 4) is 0 Å². The molecule has 21 atom stereocenters. The van der Waals surface area contributed by atoms with Gasteiger partial charge in [-0.1, -0.05) is 40.2 Å². The standard InChI is InChI=1S/C43H62O17/c1-38-15-19-18-14-20(45)32-40(3)10-9-22(41(4,17-44)21(40)8-11-43(32,6)42(18,5)13-12-39(19,2)23(16-38)57-37(38)54)56-36-31(27(49)26(48)29(58-36)33(51)52)60-35-28(50)24(46)25(47)30(59-35)34(53)55-7/h14,19,21-32,35-36,44,46-50H,8-13,15-17H2,1-7H3,(H,51,52)/t19?,21?,22?,23-,24+,25+,26+,27+,28-,29+,30+,31-,32-,35+,36-,38-,39?,40+,41-,42-,43-/m1/s1. The molecular formula is C43H62O17. The Hall–Kier alpha value is -2.58. The van der Waals surface area contributed by atoms with Crippen molar-refractivity contribution in [2.24, 2.45) is 50.2 Å². The Morgan fingerprint density at radius 3 is 2.10 bits per heavy atom. The molecule has 2 bridgehead atoms. The molecule has 4 saturated carbocycles. The van der Waals surface area contributed by atoms with E-state index in [1.165, 1.54) is 0 Å². The van der Waals surface area contributed by atoms with Crippen molar-refractivity contribution in [2.45, 2.75) is 167 Å². The number of methoxy groups -OCH3 is 1. The summed E-state index contributed by atoms with van der Waals surface area (Å²) in [6.45, 7) is 12.3. The third-order valence-electron chi connectivity index (χ3n) is 17.8. The van der Waals surface area contributed by atoms with Crippen molar-refractivity contribution in [3.05, 3.63) is 11.6 Å². The maximum atomic E-state index is 14.9. The highest BCUT2D eigenvalue weighted by atomic mass is 16.8. The second-order valence-corrected chi connectivity index (χ2v) is 20.8. The Labute approximate surface area is 348 Å². The van der Waals surface area contributed by atoms with E-state index in [9.17, 15) is 54.9 Å². The Morgan fingerprint density at radius 1 is 0.783 bits per heavy atom. The summed E-state index contributed by atoms with van der Waals surface area (Å²) in [4.78, 5) is 52.7. The zero-order chi connectivity index (χ0) is 43.9. The van der Waals surface area contributed by atoms with Gasteiger partial charge in [-0.15, -0.1) is 0 Å². The van der Waals surface area contributed by atoms with Crippen molar-refractivity contribution >= 4 is 23.7 Å². The fraction of sp³-hybridized carbons (Fsp3) is 0.860. The van der Waals surface area contributed by atoms with Crippen LogP contribution in [0, 0.1) is 50.2 Å². The Kier molecular flexibility index (Phi) is 10.6. The summed E-state index contributed by atoms with van der Waals surface area (Å²) in [5.41, 5.74) is -2.26. The number of rotatable bonds is 7. The molecule has 7 N–H and O–H groups in total. The number of carbonyl (C=O) groups is 4. The summed E-state index contributed by atoms with van der Waals surface area (Å²) >= 11 is 0. The Morgan fingerprint density at radius 2 is 1.45 bits per heavy atom. The van der Waals surface area contributed by atoms with Crippen LogP contribution in [0.2, 0.25) is 0 Å². The zero-order valence-corrected chi connectivity index (χ0v) is 35.3. The number of ether oxygens (including phenoxy) is 6. The number of carbonyl (C=O) groups excluding carboxylic acids is 3. The highest BCUT2D eigenvalue weighted by Crippen LogP contribution is 2.76. The van der Waals surface area contributed by atoms with E-state index < -0.39 is 114 Å². The monoisotopic (exact) mass is 850 g/mol. The Bertz CT molecular complexity index is 1820. The van der Waals surface area contributed by atoms with Gasteiger partial charge in [0.05, 0.1) is 25.2 Å². The van der Waals surface area contributed by atoms with Gasteiger partial charge in [0.1, 0.15) is 42.7 Å². The molecule has 7 fully saturated rings. The minimum Gasteiger partial charge on any atom is -0.479 e. The van der Waals surface area contributed by atoms with E-state index in [1.807, 2.05) is 19.9 Å². The molecular weight excluding hydrogens is 788 g/mol. The van der Waals surface area contributed by atoms with E-state index >= 15 is 0 Å². The van der Waals surface area contributed by atoms with Crippen molar-refractivity contribution in [2.75, 3.05) is 13.7 Å². The molecule has 4 unspecified atom stereocenters. The number of allylic oxidation sites excluding steroid dienone is 2. The van der Waals surface area contributed by atoms with Crippen LogP contribution >= 0.6 is 0 Å². The maximum absolute atomic E-state index is 14.9. The second-order valence-electron chi connectivity index (χ2n) is 20.8. The topological polar surface area (TPSA) is 265 Å². The quantitative estimate of drug-likeness (QED) is 0.138. The molecule has 60 heavy (non-hydrogen) atoms. The van der Waals surface area contributed by atoms with E-state index in [0.717, 1.165) is 25.5 Å². The second kappa shape index (κ2) is 14.5. The predicted octanol–water partition coefficient (Wildman–Crippen LogP) is 0.757. The van der Waals surface area contributed by atoms with E-state index in [-0.39, 0.29) is 46.9 Å². The SMILES string of the molecule is COC(=O)[C@H]1O[C@@H](O[C@H]2[C@H](OC3CC[C@@]4(C)C(CC[C@]5(C)[C@@H]4C(=O)C=C4C6C[C@]7(C)C[C@@H](OC7=O)C6(C)CC[C@]45C)[C@@]3(C)CO)O[C@H](C(=O)O)[C@@H](O)[C@@H]2O)[C@H](O)[C@@H](O)[C@@H]1O. The van der Waals surface area contributed by atoms with Crippen molar-refractivity contribution < 1.29 is 83.3 Å². The number of esters is 2. The zero-order valence-electron chi connectivity index (χ0n) is 35.3. The van der Waals surface area contributed by atoms with Crippen LogP contribution in [-0.2, 0) is 47.6 Å². The lowest BCUT2D eigenvalue weighted by atomic mass is 9.33. The molecule has 0 amide bonds. The van der Waals surface area contributed by atoms with Gasteiger partial charge in [0.2, 0.25) is 0 Å². The van der Waals surface area contributed by atoms with Gasteiger partial charge in [-0.05, 0) is 86.0 Å². The van der Waals surface area contributed by atoms with Crippen LogP contribution in [0.1, 0.15) is 92.9 Å². The third-order valence-corrected chi connectivity index (χ3v) is 17.8. The van der Waals surface area contributed by atoms with Crippen LogP contribution in [0.4, 0.5) is 0 Å². The van der Waals surface area contributed by atoms with Gasteiger partial charge in [0, 0.05) is 23.2 Å². The summed E-state index contributed by atoms with van der Waals surface area (Å²) in [6, 6.07) is 0. The lowest BCUT2D eigenvalue weighted by Gasteiger charge is -2.70. The normalized spacial score (nSPS) is 54.7. The number of hydrogen-bond donors (Lipinski definition) is 7. The molecule has 8 aliphatic rings. The molecule has 3 heterocycles. The molecule has 336 valence electrons. The summed E-state index contributed by atoms with van der Waals surface area (Å²) in [6.07, 6.45) is -13.5. The summed E-state index contributed by atoms with van der Waals surface area (Å²) in [5, 5.41) is 75.3. The van der Waals surface area contributed by atoms with Gasteiger partial charge in [-0.3, -0.25) is 9.59 Å². The number of aliphatic hydroxyl groups excluding tert-OH is 6. The predicted molar refractivity (Wildman–Crippen MR) is 203 cm³/mol. The number of aliphatic hydroxyl groups is 6. The Balaban J connectivity index is 1.09. The van der Waals surface area contributed by atoms with Crippen LogP contribution < -0.4 is 0 Å². The highest BCUT2D eigenvalue weighted by Gasteiger charge is 2.73. The van der Waals surface area contributed by atoms with E-state index in [0.29, 0.717) is 32.1 Å². The highest BCUT2D eigenvalue weighted by molar-refractivity contribution is 5.96. The number of ketones is 1. The lowest BCUT2D eigenvalue weighted by molar-refractivity contribution is -0.372. The first-order chi connectivity index (χ1) is 28.0. The van der Waals surface area contributed by atoms with Crippen LogP contribution in [0.3, 0.4) is 0 Å². The average molecular weight is 851 g/mol. The van der Waals surface area contributed by atoms with Gasteiger partial charge in [0.15, 0.2) is 30.6 Å². The van der Waals surface area contributed by atoms with Crippen molar-refractivity contribution in [1.29, 1.82) is 0 Å². The first-order valence-electron chi connectivity index (χ1n) is 21.4. The van der Waals surface area contributed by atoms with Crippen LogP contribution in [0.15, 0.2) is 11.6 Å². The van der Waals surface area contributed by atoms with Crippen molar-refractivity contribution in [1.82, 2.24) is 0 Å². The molecule has 0 radical (unpaired) electrons. The van der Waals surface area contributed by atoms with Gasteiger partial charge in [0.25, 0.3) is 0 Å². The molecule has 0 spiro atoms. The molecule has 3 aliphatic heterocycles. The fourth-order valence-corrected chi connectivity index (χ4v) is 14.0. The van der Waals surface area contributed by atoms with Crippen LogP contribution in [0.25, 0.3) is 0 Å². The minimum atomic E-state index is -2.07. The molecule has 17 nitrogen and oxygen atoms in total. The lowest BCUT2D eigenvalue weighted by Crippen LogP contribution is -2.69. The molecule has 3 saturated heterocycles.